The Labute approximate surface area is 157 Å². The first-order valence-electron chi connectivity index (χ1n) is 10.0. The summed E-state index contributed by atoms with van der Waals surface area (Å²) in [6.07, 6.45) is 3.84. The molecule has 5 heteroatoms. The summed E-state index contributed by atoms with van der Waals surface area (Å²) >= 11 is 0. The molecule has 0 saturated carbocycles. The first kappa shape index (κ1) is 18.2. The maximum absolute atomic E-state index is 6.38. The Hall–Kier alpha value is -1.14. The van der Waals surface area contributed by atoms with Gasteiger partial charge < -0.3 is 19.1 Å². The number of hydrogen-bond acceptors (Lipinski definition) is 5. The van der Waals surface area contributed by atoms with Gasteiger partial charge in [0, 0.05) is 26.2 Å². The summed E-state index contributed by atoms with van der Waals surface area (Å²) in [5.41, 5.74) is 1.20. The van der Waals surface area contributed by atoms with Crippen molar-refractivity contribution in [3.05, 3.63) is 29.8 Å². The van der Waals surface area contributed by atoms with Gasteiger partial charge in [0.05, 0.1) is 26.9 Å². The van der Waals surface area contributed by atoms with Crippen LogP contribution in [0.3, 0.4) is 0 Å². The lowest BCUT2D eigenvalue weighted by atomic mass is 9.93. The van der Waals surface area contributed by atoms with E-state index in [4.69, 9.17) is 14.2 Å². The molecule has 0 aliphatic carbocycles. The van der Waals surface area contributed by atoms with E-state index in [1.165, 1.54) is 38.0 Å². The van der Waals surface area contributed by atoms with Crippen LogP contribution in [-0.2, 0) is 16.0 Å². The second kappa shape index (κ2) is 8.26. The molecule has 0 N–H and O–H groups in total. The molecule has 3 fully saturated rings. The lowest BCUT2D eigenvalue weighted by Crippen LogP contribution is -2.44. The fraction of sp³-hybridized carbons (Fsp3) is 0.714. The SMILES string of the molecule is COc1ccc(CN2CCOCC3(CC(CN4CCCC4)CO3)C2)cc1. The van der Waals surface area contributed by atoms with E-state index in [9.17, 15) is 0 Å². The molecule has 144 valence electrons. The van der Waals surface area contributed by atoms with Crippen molar-refractivity contribution in [2.75, 3.05) is 59.7 Å². The zero-order chi connectivity index (χ0) is 17.8. The highest BCUT2D eigenvalue weighted by Gasteiger charge is 2.43. The topological polar surface area (TPSA) is 34.2 Å². The van der Waals surface area contributed by atoms with E-state index < -0.39 is 0 Å². The third-order valence-electron chi connectivity index (χ3n) is 5.99. The first-order chi connectivity index (χ1) is 12.7. The Morgan fingerprint density at radius 3 is 2.69 bits per heavy atom. The van der Waals surface area contributed by atoms with Crippen molar-refractivity contribution in [1.82, 2.24) is 9.80 Å². The lowest BCUT2D eigenvalue weighted by Gasteiger charge is -2.31. The van der Waals surface area contributed by atoms with Crippen LogP contribution >= 0.6 is 0 Å². The molecule has 0 radical (unpaired) electrons. The fourth-order valence-corrected chi connectivity index (χ4v) is 4.71. The molecule has 3 aliphatic rings. The van der Waals surface area contributed by atoms with Crippen LogP contribution in [0, 0.1) is 5.92 Å². The Morgan fingerprint density at radius 1 is 1.12 bits per heavy atom. The number of benzene rings is 1. The van der Waals surface area contributed by atoms with Gasteiger partial charge in [0.1, 0.15) is 11.4 Å². The van der Waals surface area contributed by atoms with Crippen LogP contribution in [0.2, 0.25) is 0 Å². The molecule has 2 atom stereocenters. The van der Waals surface area contributed by atoms with Crippen LogP contribution in [0.25, 0.3) is 0 Å². The Balaban J connectivity index is 1.36. The largest absolute Gasteiger partial charge is 0.497 e. The summed E-state index contributed by atoms with van der Waals surface area (Å²) in [6, 6.07) is 8.39. The molecule has 1 aromatic rings. The smallest absolute Gasteiger partial charge is 0.118 e. The van der Waals surface area contributed by atoms with Crippen LogP contribution < -0.4 is 4.74 Å². The summed E-state index contributed by atoms with van der Waals surface area (Å²) in [6.45, 7) is 9.02. The van der Waals surface area contributed by atoms with E-state index in [0.29, 0.717) is 5.92 Å². The molecule has 0 amide bonds. The van der Waals surface area contributed by atoms with Crippen molar-refractivity contribution < 1.29 is 14.2 Å². The number of methoxy groups -OCH3 is 1. The van der Waals surface area contributed by atoms with Gasteiger partial charge in [0.25, 0.3) is 0 Å². The third-order valence-corrected chi connectivity index (χ3v) is 5.99. The summed E-state index contributed by atoms with van der Waals surface area (Å²) in [4.78, 5) is 5.10. The van der Waals surface area contributed by atoms with Gasteiger partial charge in [0.15, 0.2) is 0 Å². The number of likely N-dealkylation sites (tertiary alicyclic amines) is 1. The third kappa shape index (κ3) is 4.39. The van der Waals surface area contributed by atoms with Crippen molar-refractivity contribution in [2.24, 2.45) is 5.92 Å². The van der Waals surface area contributed by atoms with Crippen LogP contribution in [0.1, 0.15) is 24.8 Å². The normalized spacial score (nSPS) is 30.7. The summed E-state index contributed by atoms with van der Waals surface area (Å²) < 4.78 is 17.6. The minimum Gasteiger partial charge on any atom is -0.497 e. The van der Waals surface area contributed by atoms with Crippen molar-refractivity contribution in [3.63, 3.8) is 0 Å². The van der Waals surface area contributed by atoms with Crippen LogP contribution in [-0.4, -0.2) is 75.1 Å². The molecule has 26 heavy (non-hydrogen) atoms. The first-order valence-corrected chi connectivity index (χ1v) is 10.0. The van der Waals surface area contributed by atoms with Gasteiger partial charge in [-0.1, -0.05) is 12.1 Å². The summed E-state index contributed by atoms with van der Waals surface area (Å²) in [7, 11) is 1.71. The number of rotatable bonds is 5. The number of nitrogens with zero attached hydrogens (tertiary/aromatic N) is 2. The highest BCUT2D eigenvalue weighted by molar-refractivity contribution is 5.27. The van der Waals surface area contributed by atoms with E-state index in [-0.39, 0.29) is 5.60 Å². The highest BCUT2D eigenvalue weighted by Crippen LogP contribution is 2.34. The van der Waals surface area contributed by atoms with E-state index in [2.05, 4.69) is 21.9 Å². The average molecular weight is 360 g/mol. The Kier molecular flexibility index (Phi) is 5.79. The summed E-state index contributed by atoms with van der Waals surface area (Å²) in [5.74, 6) is 1.56. The molecule has 5 nitrogen and oxygen atoms in total. The van der Waals surface area contributed by atoms with Gasteiger partial charge in [-0.3, -0.25) is 4.90 Å². The Morgan fingerprint density at radius 2 is 1.92 bits per heavy atom. The predicted molar refractivity (Wildman–Crippen MR) is 102 cm³/mol. The standard InChI is InChI=1S/C21H32N2O3/c1-24-20-6-4-18(5-7-20)13-23-10-11-25-17-21(16-23)12-19(15-26-21)14-22-8-2-3-9-22/h4-7,19H,2-3,8-17H2,1H3. The van der Waals surface area contributed by atoms with E-state index in [0.717, 1.165) is 51.6 Å². The zero-order valence-electron chi connectivity index (χ0n) is 16.0. The van der Waals surface area contributed by atoms with Gasteiger partial charge in [0.2, 0.25) is 0 Å². The number of ether oxygens (including phenoxy) is 3. The minimum absolute atomic E-state index is 0.118. The molecule has 1 spiro atoms. The van der Waals surface area contributed by atoms with Crippen molar-refractivity contribution in [3.8, 4) is 5.75 Å². The van der Waals surface area contributed by atoms with Crippen LogP contribution in [0.4, 0.5) is 0 Å². The molecule has 3 heterocycles. The molecular formula is C21H32N2O3. The molecule has 4 rings (SSSR count). The van der Waals surface area contributed by atoms with Crippen molar-refractivity contribution in [2.45, 2.75) is 31.4 Å². The van der Waals surface area contributed by atoms with E-state index in [1.54, 1.807) is 7.11 Å². The molecule has 0 aromatic heterocycles. The van der Waals surface area contributed by atoms with Gasteiger partial charge in [-0.2, -0.15) is 0 Å². The van der Waals surface area contributed by atoms with Crippen molar-refractivity contribution in [1.29, 1.82) is 0 Å². The minimum atomic E-state index is -0.118. The molecule has 0 bridgehead atoms. The van der Waals surface area contributed by atoms with Gasteiger partial charge >= 0.3 is 0 Å². The predicted octanol–water partition coefficient (Wildman–Crippen LogP) is 2.40. The monoisotopic (exact) mass is 360 g/mol. The maximum Gasteiger partial charge on any atom is 0.118 e. The summed E-state index contributed by atoms with van der Waals surface area (Å²) in [5, 5.41) is 0. The van der Waals surface area contributed by atoms with Gasteiger partial charge in [-0.05, 0) is 56.0 Å². The lowest BCUT2D eigenvalue weighted by molar-refractivity contribution is -0.0563. The number of hydrogen-bond donors (Lipinski definition) is 0. The average Bonchev–Trinajstić information content (AvgIpc) is 3.25. The molecule has 3 aliphatic heterocycles. The van der Waals surface area contributed by atoms with Crippen molar-refractivity contribution >= 4 is 0 Å². The molecular weight excluding hydrogens is 328 g/mol. The Bertz CT molecular complexity index is 573. The second-order valence-corrected chi connectivity index (χ2v) is 8.18. The maximum atomic E-state index is 6.38. The molecule has 3 saturated heterocycles. The quantitative estimate of drug-likeness (QED) is 0.805. The zero-order valence-corrected chi connectivity index (χ0v) is 16.0. The van der Waals surface area contributed by atoms with Crippen LogP contribution in [0.15, 0.2) is 24.3 Å². The fourth-order valence-electron chi connectivity index (χ4n) is 4.71. The van der Waals surface area contributed by atoms with Crippen LogP contribution in [0.5, 0.6) is 5.75 Å². The van der Waals surface area contributed by atoms with Gasteiger partial charge in [-0.15, -0.1) is 0 Å². The van der Waals surface area contributed by atoms with Gasteiger partial charge in [-0.25, -0.2) is 0 Å². The van der Waals surface area contributed by atoms with E-state index >= 15 is 0 Å². The highest BCUT2D eigenvalue weighted by atomic mass is 16.5. The molecule has 1 aromatic carbocycles. The second-order valence-electron chi connectivity index (χ2n) is 8.18. The molecule has 2 unspecified atom stereocenters. The van der Waals surface area contributed by atoms with E-state index in [1.807, 2.05) is 12.1 Å².